The van der Waals surface area contributed by atoms with E-state index in [2.05, 4.69) is 20.9 Å². The number of amides is 4. The molecule has 0 radical (unpaired) electrons. The standard InChI is InChI=1S/C32H42N8O5S/c1-18-11-23(41)12-19(2)24(18)15-25(33)29(43)39-26(7-4-9-37-32(35)36)31(45)40-27(30(44)38-16-28(34)42)14-20-5-3-6-21(13-20)22-8-10-46-17-22/h3,5-6,8,10-13,17,25-27,41H,4,7,9,14-16,33H2,1-2H3,(H2,34,42)(H,38,44)(H,39,43)(H,40,45)(H4,35,36,37)/t25-,26+,27-/m0/s1. The highest BCUT2D eigenvalue weighted by Gasteiger charge is 2.29. The third-order valence-electron chi connectivity index (χ3n) is 7.31. The zero-order valence-corrected chi connectivity index (χ0v) is 26.7. The number of hydrogen-bond donors (Lipinski definition) is 8. The summed E-state index contributed by atoms with van der Waals surface area (Å²) in [4.78, 5) is 55.5. The molecule has 1 aromatic heterocycles. The second-order valence-corrected chi connectivity index (χ2v) is 11.8. The van der Waals surface area contributed by atoms with Crippen molar-refractivity contribution in [1.82, 2.24) is 16.0 Å². The summed E-state index contributed by atoms with van der Waals surface area (Å²) in [6, 6.07) is 9.51. The Kier molecular flexibility index (Phi) is 13.1. The largest absolute Gasteiger partial charge is 0.508 e. The van der Waals surface area contributed by atoms with Gasteiger partial charge in [0.05, 0.1) is 12.6 Å². The molecule has 12 N–H and O–H groups in total. The Bertz CT molecular complexity index is 1530. The van der Waals surface area contributed by atoms with E-state index in [-0.39, 0.29) is 37.5 Å². The van der Waals surface area contributed by atoms with Gasteiger partial charge in [-0.25, -0.2) is 0 Å². The summed E-state index contributed by atoms with van der Waals surface area (Å²) in [5.41, 5.74) is 27.5. The second-order valence-electron chi connectivity index (χ2n) is 11.0. The average molecular weight is 651 g/mol. The van der Waals surface area contributed by atoms with Crippen molar-refractivity contribution in [2.24, 2.45) is 27.9 Å². The summed E-state index contributed by atoms with van der Waals surface area (Å²) in [7, 11) is 0. The number of aromatic hydroxyl groups is 1. The molecule has 0 aliphatic heterocycles. The number of rotatable bonds is 16. The summed E-state index contributed by atoms with van der Waals surface area (Å²) < 4.78 is 0. The molecule has 3 atom stereocenters. The molecule has 3 rings (SSSR count). The molecule has 0 saturated carbocycles. The highest BCUT2D eigenvalue weighted by atomic mass is 32.1. The van der Waals surface area contributed by atoms with Gasteiger partial charge in [-0.1, -0.05) is 24.3 Å². The molecule has 1 heterocycles. The van der Waals surface area contributed by atoms with Crippen molar-refractivity contribution in [3.05, 3.63) is 75.5 Å². The van der Waals surface area contributed by atoms with Crippen molar-refractivity contribution < 1.29 is 24.3 Å². The number of benzene rings is 2. The van der Waals surface area contributed by atoms with Gasteiger partial charge in [0.15, 0.2) is 5.96 Å². The maximum Gasteiger partial charge on any atom is 0.243 e. The fraction of sp³-hybridized carbons (Fsp3) is 0.344. The number of nitrogens with zero attached hydrogens (tertiary/aromatic N) is 1. The minimum atomic E-state index is -1.10. The van der Waals surface area contributed by atoms with E-state index in [4.69, 9.17) is 22.9 Å². The predicted molar refractivity (Wildman–Crippen MR) is 179 cm³/mol. The number of nitrogens with two attached hydrogens (primary N) is 4. The second kappa shape index (κ2) is 16.9. The Morgan fingerprint density at radius 1 is 0.891 bits per heavy atom. The maximum absolute atomic E-state index is 13.7. The molecule has 0 aliphatic carbocycles. The topological polar surface area (TPSA) is 241 Å². The molecule has 13 nitrogen and oxygen atoms in total. The third-order valence-corrected chi connectivity index (χ3v) is 7.99. The van der Waals surface area contributed by atoms with Crippen LogP contribution >= 0.6 is 11.3 Å². The Balaban J connectivity index is 1.81. The summed E-state index contributed by atoms with van der Waals surface area (Å²) in [5, 5.41) is 21.8. The lowest BCUT2D eigenvalue weighted by Gasteiger charge is -2.24. The normalized spacial score (nSPS) is 12.8. The minimum absolute atomic E-state index is 0.0991. The van der Waals surface area contributed by atoms with Crippen LogP contribution in [0.3, 0.4) is 0 Å². The van der Waals surface area contributed by atoms with Crippen molar-refractivity contribution in [2.45, 2.75) is 57.7 Å². The van der Waals surface area contributed by atoms with Crippen LogP contribution in [0.5, 0.6) is 5.75 Å². The first kappa shape index (κ1) is 35.5. The molecule has 0 spiro atoms. The lowest BCUT2D eigenvalue weighted by Crippen LogP contribution is -2.57. The number of aryl methyl sites for hydroxylation is 2. The van der Waals surface area contributed by atoms with Crippen molar-refractivity contribution in [2.75, 3.05) is 13.1 Å². The summed E-state index contributed by atoms with van der Waals surface area (Å²) in [6.07, 6.45) is 0.747. The van der Waals surface area contributed by atoms with Crippen LogP contribution < -0.4 is 38.9 Å². The van der Waals surface area contributed by atoms with E-state index in [0.717, 1.165) is 33.4 Å². The Labute approximate surface area is 271 Å². The number of primary amides is 1. The molecule has 2 aromatic carbocycles. The molecule has 0 bridgehead atoms. The van der Waals surface area contributed by atoms with Gasteiger partial charge in [-0.3, -0.25) is 24.2 Å². The smallest absolute Gasteiger partial charge is 0.243 e. The van der Waals surface area contributed by atoms with Crippen LogP contribution in [-0.4, -0.2) is 65.9 Å². The van der Waals surface area contributed by atoms with Gasteiger partial charge in [-0.15, -0.1) is 0 Å². The number of phenols is 1. The Morgan fingerprint density at radius 2 is 1.59 bits per heavy atom. The summed E-state index contributed by atoms with van der Waals surface area (Å²) >= 11 is 1.56. The van der Waals surface area contributed by atoms with Crippen molar-refractivity contribution in [3.8, 4) is 16.9 Å². The zero-order valence-electron chi connectivity index (χ0n) is 25.9. The highest BCUT2D eigenvalue weighted by molar-refractivity contribution is 7.08. The number of guanidine groups is 1. The quantitative estimate of drug-likeness (QED) is 0.0614. The number of aliphatic imine (C=N–C) groups is 1. The Morgan fingerprint density at radius 3 is 2.22 bits per heavy atom. The van der Waals surface area contributed by atoms with Gasteiger partial charge < -0.3 is 44.0 Å². The summed E-state index contributed by atoms with van der Waals surface area (Å²) in [5.74, 6) is -2.56. The monoisotopic (exact) mass is 650 g/mol. The molecule has 14 heteroatoms. The molecule has 0 aliphatic rings. The fourth-order valence-corrected chi connectivity index (χ4v) is 5.64. The molecule has 46 heavy (non-hydrogen) atoms. The van der Waals surface area contributed by atoms with E-state index < -0.39 is 48.3 Å². The van der Waals surface area contributed by atoms with Crippen LogP contribution in [0.25, 0.3) is 11.1 Å². The van der Waals surface area contributed by atoms with E-state index >= 15 is 0 Å². The van der Waals surface area contributed by atoms with Crippen LogP contribution in [0, 0.1) is 13.8 Å². The van der Waals surface area contributed by atoms with Crippen LogP contribution in [0.15, 0.2) is 58.2 Å². The number of nitrogens with one attached hydrogen (secondary N) is 3. The minimum Gasteiger partial charge on any atom is -0.508 e. The first-order valence-electron chi connectivity index (χ1n) is 14.7. The van der Waals surface area contributed by atoms with E-state index in [1.165, 1.54) is 0 Å². The van der Waals surface area contributed by atoms with E-state index in [9.17, 15) is 24.3 Å². The molecular formula is C32H42N8O5S. The van der Waals surface area contributed by atoms with Gasteiger partial charge in [-0.2, -0.15) is 11.3 Å². The average Bonchev–Trinajstić information content (AvgIpc) is 3.54. The molecule has 0 fully saturated rings. The van der Waals surface area contributed by atoms with Gasteiger partial charge in [0.1, 0.15) is 17.8 Å². The first-order chi connectivity index (χ1) is 21.8. The van der Waals surface area contributed by atoms with E-state index in [1.54, 1.807) is 23.5 Å². The highest BCUT2D eigenvalue weighted by Crippen LogP contribution is 2.24. The van der Waals surface area contributed by atoms with Crippen LogP contribution in [0.4, 0.5) is 0 Å². The number of phenolic OH excluding ortho intramolecular Hbond substituents is 1. The van der Waals surface area contributed by atoms with Gasteiger partial charge in [-0.05, 0) is 95.4 Å². The maximum atomic E-state index is 13.7. The number of carbonyl (C=O) groups excluding carboxylic acids is 4. The van der Waals surface area contributed by atoms with Crippen molar-refractivity contribution in [3.63, 3.8) is 0 Å². The number of thiophene rings is 1. The lowest BCUT2D eigenvalue weighted by molar-refractivity contribution is -0.133. The third kappa shape index (κ3) is 10.9. The summed E-state index contributed by atoms with van der Waals surface area (Å²) in [6.45, 7) is 3.42. The molecular weight excluding hydrogens is 608 g/mol. The van der Waals surface area contributed by atoms with Gasteiger partial charge in [0.2, 0.25) is 23.6 Å². The van der Waals surface area contributed by atoms with E-state index in [1.807, 2.05) is 54.9 Å². The molecule has 4 amide bonds. The fourth-order valence-electron chi connectivity index (χ4n) is 4.98. The van der Waals surface area contributed by atoms with Gasteiger partial charge in [0.25, 0.3) is 0 Å². The SMILES string of the molecule is Cc1cc(O)cc(C)c1C[C@H](N)C(=O)N[C@H](CCCN=C(N)N)C(=O)N[C@@H](Cc1cccc(-c2ccsc2)c1)C(=O)NCC(N)=O. The molecule has 0 saturated heterocycles. The number of hydrogen-bond acceptors (Lipinski definition) is 8. The van der Waals surface area contributed by atoms with Crippen LogP contribution in [0.1, 0.15) is 35.1 Å². The van der Waals surface area contributed by atoms with Crippen molar-refractivity contribution in [1.29, 1.82) is 0 Å². The van der Waals surface area contributed by atoms with E-state index in [0.29, 0.717) is 6.42 Å². The molecule has 246 valence electrons. The van der Waals surface area contributed by atoms with Crippen LogP contribution in [-0.2, 0) is 32.0 Å². The van der Waals surface area contributed by atoms with Gasteiger partial charge >= 0.3 is 0 Å². The van der Waals surface area contributed by atoms with Crippen molar-refractivity contribution >= 4 is 40.9 Å². The predicted octanol–water partition coefficient (Wildman–Crippen LogP) is 0.475. The molecule has 0 unspecified atom stereocenters. The van der Waals surface area contributed by atoms with Crippen LogP contribution in [0.2, 0.25) is 0 Å². The van der Waals surface area contributed by atoms with Gasteiger partial charge in [0, 0.05) is 13.0 Å². The molecule has 3 aromatic rings. The first-order valence-corrected chi connectivity index (χ1v) is 15.7. The Hall–Kier alpha value is -4.95. The lowest BCUT2D eigenvalue weighted by atomic mass is 9.95. The zero-order chi connectivity index (χ0) is 33.8. The number of carbonyl (C=O) groups is 4.